The molecule has 0 amide bonds. The van der Waals surface area contributed by atoms with Gasteiger partial charge in [0, 0.05) is 0 Å². The molecule has 0 bridgehead atoms. The fourth-order valence-corrected chi connectivity index (χ4v) is 2.92. The Kier molecular flexibility index (Phi) is 6.30. The van der Waals surface area contributed by atoms with E-state index in [-0.39, 0.29) is 12.8 Å². The van der Waals surface area contributed by atoms with Gasteiger partial charge < -0.3 is 50.3 Å². The Labute approximate surface area is 132 Å². The largest absolute Gasteiger partial charge is 0.394 e. The van der Waals surface area contributed by atoms with E-state index in [2.05, 4.69) is 0 Å². The SMILES string of the molecule is OC[C@H]1O[C@@H](CC[C@H]2OC(O)[C@H](O)[C@@H](O)[C@H]2O)[C@H](O)[C@@H](O)[C@H]1O. The Balaban J connectivity index is 1.94. The predicted octanol–water partition coefficient (Wildman–Crippen LogP) is -4.59. The Morgan fingerprint density at radius 3 is 1.48 bits per heavy atom. The lowest BCUT2D eigenvalue weighted by molar-refractivity contribution is -0.285. The summed E-state index contributed by atoms with van der Waals surface area (Å²) in [5.41, 5.74) is 0. The minimum Gasteiger partial charge on any atom is -0.394 e. The van der Waals surface area contributed by atoms with E-state index in [1.54, 1.807) is 0 Å². The van der Waals surface area contributed by atoms with Gasteiger partial charge in [0.05, 0.1) is 18.8 Å². The van der Waals surface area contributed by atoms with Gasteiger partial charge in [-0.15, -0.1) is 0 Å². The van der Waals surface area contributed by atoms with Gasteiger partial charge in [0.2, 0.25) is 0 Å². The van der Waals surface area contributed by atoms with E-state index >= 15 is 0 Å². The molecular weight excluding hydrogens is 316 g/mol. The van der Waals surface area contributed by atoms with E-state index in [1.807, 2.05) is 0 Å². The molecule has 10 nitrogen and oxygen atoms in total. The molecule has 136 valence electrons. The Bertz CT molecular complexity index is 380. The summed E-state index contributed by atoms with van der Waals surface area (Å²) in [6.45, 7) is -0.548. The third-order valence-corrected chi connectivity index (χ3v) is 4.41. The Hall–Kier alpha value is -0.400. The smallest absolute Gasteiger partial charge is 0.183 e. The van der Waals surface area contributed by atoms with Gasteiger partial charge in [-0.25, -0.2) is 0 Å². The molecule has 0 aromatic heterocycles. The summed E-state index contributed by atoms with van der Waals surface area (Å²) in [6.07, 6.45) is -13.6. The zero-order valence-corrected chi connectivity index (χ0v) is 12.3. The standard InChI is InChI=1S/C13H24O10/c14-3-6-9(17)10(18)7(15)4(22-6)1-2-5-8(16)11(19)12(20)13(21)23-5/h4-21H,1-3H2/t4-,5+,6+,7-,8-,9-,10+,11-,12+,13?/m0/s1. The number of rotatable bonds is 4. The summed E-state index contributed by atoms with van der Waals surface area (Å²) in [7, 11) is 0. The Morgan fingerprint density at radius 2 is 0.957 bits per heavy atom. The van der Waals surface area contributed by atoms with Crippen LogP contribution in [0.25, 0.3) is 0 Å². The average Bonchev–Trinajstić information content (AvgIpc) is 2.54. The highest BCUT2D eigenvalue weighted by atomic mass is 16.6. The van der Waals surface area contributed by atoms with E-state index in [1.165, 1.54) is 0 Å². The van der Waals surface area contributed by atoms with Crippen molar-refractivity contribution in [2.75, 3.05) is 6.61 Å². The second kappa shape index (κ2) is 7.66. The molecule has 10 atom stereocenters. The maximum Gasteiger partial charge on any atom is 0.183 e. The highest BCUT2D eigenvalue weighted by Crippen LogP contribution is 2.28. The van der Waals surface area contributed by atoms with Crippen LogP contribution in [0.4, 0.5) is 0 Å². The highest BCUT2D eigenvalue weighted by Gasteiger charge is 2.46. The van der Waals surface area contributed by atoms with Gasteiger partial charge in [-0.1, -0.05) is 0 Å². The van der Waals surface area contributed by atoms with Gasteiger partial charge in [-0.3, -0.25) is 0 Å². The second-order valence-electron chi connectivity index (χ2n) is 5.98. The van der Waals surface area contributed by atoms with Crippen LogP contribution in [0.3, 0.4) is 0 Å². The number of hydrogen-bond donors (Lipinski definition) is 8. The van der Waals surface area contributed by atoms with Crippen LogP contribution in [0.2, 0.25) is 0 Å². The van der Waals surface area contributed by atoms with Crippen molar-refractivity contribution in [3.8, 4) is 0 Å². The Morgan fingerprint density at radius 1 is 0.522 bits per heavy atom. The first-order valence-electron chi connectivity index (χ1n) is 7.46. The van der Waals surface area contributed by atoms with Gasteiger partial charge in [0.25, 0.3) is 0 Å². The highest BCUT2D eigenvalue weighted by molar-refractivity contribution is 4.94. The van der Waals surface area contributed by atoms with E-state index < -0.39 is 67.8 Å². The van der Waals surface area contributed by atoms with Gasteiger partial charge in [0.15, 0.2) is 6.29 Å². The lowest BCUT2D eigenvalue weighted by atomic mass is 9.90. The predicted molar refractivity (Wildman–Crippen MR) is 71.9 cm³/mol. The van der Waals surface area contributed by atoms with E-state index in [9.17, 15) is 35.7 Å². The summed E-state index contributed by atoms with van der Waals surface area (Å²) in [6, 6.07) is 0. The van der Waals surface area contributed by atoms with Gasteiger partial charge in [0.1, 0.15) is 42.7 Å². The van der Waals surface area contributed by atoms with Crippen LogP contribution in [0, 0.1) is 0 Å². The molecule has 10 heteroatoms. The summed E-state index contributed by atoms with van der Waals surface area (Å²) in [5, 5.41) is 76.7. The molecule has 0 spiro atoms. The molecule has 8 N–H and O–H groups in total. The molecule has 0 radical (unpaired) electrons. The average molecular weight is 340 g/mol. The minimum atomic E-state index is -1.66. The molecule has 23 heavy (non-hydrogen) atoms. The molecule has 0 aromatic rings. The molecule has 2 aliphatic heterocycles. The van der Waals surface area contributed by atoms with Crippen molar-refractivity contribution in [2.24, 2.45) is 0 Å². The molecular formula is C13H24O10. The van der Waals surface area contributed by atoms with Gasteiger partial charge in [-0.2, -0.15) is 0 Å². The van der Waals surface area contributed by atoms with Crippen LogP contribution in [0.5, 0.6) is 0 Å². The fourth-order valence-electron chi connectivity index (χ4n) is 2.92. The zero-order valence-electron chi connectivity index (χ0n) is 12.3. The number of aliphatic hydroxyl groups is 8. The second-order valence-corrected chi connectivity index (χ2v) is 5.98. The first-order chi connectivity index (χ1) is 10.8. The third kappa shape index (κ3) is 3.82. The van der Waals surface area contributed by atoms with Gasteiger partial charge in [-0.05, 0) is 12.8 Å². The van der Waals surface area contributed by atoms with E-state index in [0.717, 1.165) is 0 Å². The lowest BCUT2D eigenvalue weighted by Gasteiger charge is -2.42. The van der Waals surface area contributed by atoms with Crippen molar-refractivity contribution in [3.63, 3.8) is 0 Å². The molecule has 0 aliphatic carbocycles. The van der Waals surface area contributed by atoms with Gasteiger partial charge >= 0.3 is 0 Å². The fraction of sp³-hybridized carbons (Fsp3) is 1.00. The third-order valence-electron chi connectivity index (χ3n) is 4.41. The first-order valence-corrected chi connectivity index (χ1v) is 7.46. The molecule has 0 aromatic carbocycles. The van der Waals surface area contributed by atoms with Crippen LogP contribution in [0.15, 0.2) is 0 Å². The monoisotopic (exact) mass is 340 g/mol. The van der Waals surface area contributed by atoms with Crippen LogP contribution in [-0.4, -0.2) is 109 Å². The van der Waals surface area contributed by atoms with Crippen LogP contribution in [-0.2, 0) is 9.47 Å². The molecule has 2 aliphatic rings. The van der Waals surface area contributed by atoms with Crippen LogP contribution in [0.1, 0.15) is 12.8 Å². The van der Waals surface area contributed by atoms with Crippen molar-refractivity contribution in [1.82, 2.24) is 0 Å². The summed E-state index contributed by atoms with van der Waals surface area (Å²) in [4.78, 5) is 0. The lowest BCUT2D eigenvalue weighted by Crippen LogP contribution is -2.59. The van der Waals surface area contributed by atoms with Crippen molar-refractivity contribution in [2.45, 2.75) is 74.1 Å². The van der Waals surface area contributed by atoms with Crippen molar-refractivity contribution < 1.29 is 50.3 Å². The summed E-state index contributed by atoms with van der Waals surface area (Å²) < 4.78 is 10.3. The topological polar surface area (TPSA) is 180 Å². The quantitative estimate of drug-likeness (QED) is 0.248. The minimum absolute atomic E-state index is 0.0324. The number of aliphatic hydroxyl groups excluding tert-OH is 8. The summed E-state index contributed by atoms with van der Waals surface area (Å²) >= 11 is 0. The van der Waals surface area contributed by atoms with Crippen molar-refractivity contribution in [1.29, 1.82) is 0 Å². The van der Waals surface area contributed by atoms with Crippen molar-refractivity contribution >= 4 is 0 Å². The molecule has 2 rings (SSSR count). The molecule has 2 heterocycles. The maximum atomic E-state index is 9.90. The number of ether oxygens (including phenoxy) is 2. The normalized spacial score (nSPS) is 51.7. The zero-order chi connectivity index (χ0) is 17.3. The molecule has 2 fully saturated rings. The van der Waals surface area contributed by atoms with Crippen molar-refractivity contribution in [3.05, 3.63) is 0 Å². The van der Waals surface area contributed by atoms with E-state index in [4.69, 9.17) is 14.6 Å². The molecule has 0 saturated carbocycles. The van der Waals surface area contributed by atoms with Crippen LogP contribution >= 0.6 is 0 Å². The molecule has 2 saturated heterocycles. The number of hydrogen-bond acceptors (Lipinski definition) is 10. The summed E-state index contributed by atoms with van der Waals surface area (Å²) in [5.74, 6) is 0. The first kappa shape index (κ1) is 18.9. The van der Waals surface area contributed by atoms with E-state index in [0.29, 0.717) is 0 Å². The van der Waals surface area contributed by atoms with Crippen LogP contribution < -0.4 is 0 Å². The maximum absolute atomic E-state index is 9.90. The molecule has 1 unspecified atom stereocenters.